The van der Waals surface area contributed by atoms with Crippen molar-refractivity contribution in [3.8, 4) is 11.3 Å². The predicted molar refractivity (Wildman–Crippen MR) is 109 cm³/mol. The lowest BCUT2D eigenvalue weighted by molar-refractivity contribution is -0.119. The maximum atomic E-state index is 13.2. The third-order valence-electron chi connectivity index (χ3n) is 5.06. The van der Waals surface area contributed by atoms with Crippen LogP contribution in [0.3, 0.4) is 0 Å². The molecule has 7 nitrogen and oxygen atoms in total. The topological polar surface area (TPSA) is 91.0 Å². The first-order valence-electron chi connectivity index (χ1n) is 9.68. The van der Waals surface area contributed by atoms with Crippen LogP contribution in [0, 0.1) is 6.92 Å². The molecule has 0 saturated carbocycles. The number of benzene rings is 1. The van der Waals surface area contributed by atoms with Crippen LogP contribution in [0.1, 0.15) is 34.5 Å². The van der Waals surface area contributed by atoms with Crippen LogP contribution in [-0.2, 0) is 11.3 Å². The molecule has 0 spiro atoms. The number of hydrogen-bond acceptors (Lipinski definition) is 4. The summed E-state index contributed by atoms with van der Waals surface area (Å²) < 4.78 is 0. The van der Waals surface area contributed by atoms with Crippen molar-refractivity contribution in [2.75, 3.05) is 6.54 Å². The summed E-state index contributed by atoms with van der Waals surface area (Å²) in [5.41, 5.74) is 4.20. The van der Waals surface area contributed by atoms with Gasteiger partial charge in [0.15, 0.2) is 0 Å². The first kappa shape index (κ1) is 18.9. The molecule has 3 aromatic rings. The first-order chi connectivity index (χ1) is 14.1. The van der Waals surface area contributed by atoms with Gasteiger partial charge < -0.3 is 10.2 Å². The normalized spacial score (nSPS) is 15.9. The van der Waals surface area contributed by atoms with Crippen molar-refractivity contribution in [3.63, 3.8) is 0 Å². The second-order valence-electron chi connectivity index (χ2n) is 7.38. The Morgan fingerprint density at radius 2 is 2.07 bits per heavy atom. The molecule has 0 bridgehead atoms. The third-order valence-corrected chi connectivity index (χ3v) is 5.06. The zero-order valence-corrected chi connectivity index (χ0v) is 16.3. The van der Waals surface area contributed by atoms with E-state index in [4.69, 9.17) is 0 Å². The van der Waals surface area contributed by atoms with Crippen molar-refractivity contribution in [3.05, 3.63) is 71.7 Å². The fourth-order valence-electron chi connectivity index (χ4n) is 3.49. The summed E-state index contributed by atoms with van der Waals surface area (Å²) in [7, 11) is 0. The van der Waals surface area contributed by atoms with Crippen molar-refractivity contribution in [1.82, 2.24) is 25.4 Å². The van der Waals surface area contributed by atoms with E-state index in [0.29, 0.717) is 25.2 Å². The fraction of sp³-hybridized carbons (Fsp3) is 0.273. The Labute approximate surface area is 169 Å². The highest BCUT2D eigenvalue weighted by Gasteiger charge is 2.27. The maximum absolute atomic E-state index is 13.2. The van der Waals surface area contributed by atoms with Crippen LogP contribution in [-0.4, -0.2) is 44.5 Å². The summed E-state index contributed by atoms with van der Waals surface area (Å²) in [6.07, 6.45) is 4.68. The van der Waals surface area contributed by atoms with Gasteiger partial charge >= 0.3 is 0 Å². The lowest BCUT2D eigenvalue weighted by atomic mass is 10.1. The van der Waals surface area contributed by atoms with Crippen molar-refractivity contribution in [1.29, 1.82) is 0 Å². The van der Waals surface area contributed by atoms with Gasteiger partial charge in [0, 0.05) is 43.5 Å². The summed E-state index contributed by atoms with van der Waals surface area (Å²) in [5.74, 6) is -0.118. The van der Waals surface area contributed by atoms with Crippen LogP contribution < -0.4 is 5.32 Å². The number of nitrogens with one attached hydrogen (secondary N) is 2. The van der Waals surface area contributed by atoms with Gasteiger partial charge in [0.05, 0.1) is 5.69 Å². The minimum atomic E-state index is -0.152. The summed E-state index contributed by atoms with van der Waals surface area (Å²) in [6, 6.07) is 13.5. The van der Waals surface area contributed by atoms with Gasteiger partial charge in [-0.2, -0.15) is 5.10 Å². The Hall–Kier alpha value is -3.48. The smallest absolute Gasteiger partial charge is 0.272 e. The maximum Gasteiger partial charge on any atom is 0.272 e. The second-order valence-corrected chi connectivity index (χ2v) is 7.38. The molecule has 3 heterocycles. The fourth-order valence-corrected chi connectivity index (χ4v) is 3.49. The lowest BCUT2D eigenvalue weighted by Gasteiger charge is -2.25. The van der Waals surface area contributed by atoms with E-state index in [-0.39, 0.29) is 17.9 Å². The predicted octanol–water partition coefficient (Wildman–Crippen LogP) is 2.70. The number of aromatic nitrogens is 3. The summed E-state index contributed by atoms with van der Waals surface area (Å²) in [4.78, 5) is 30.7. The number of carbonyl (C=O) groups excluding carboxylic acids is 2. The number of aromatic amines is 1. The quantitative estimate of drug-likeness (QED) is 0.678. The minimum Gasteiger partial charge on any atom is -0.352 e. The molecule has 0 radical (unpaired) electrons. The van der Waals surface area contributed by atoms with E-state index in [2.05, 4.69) is 20.5 Å². The zero-order valence-electron chi connectivity index (χ0n) is 16.3. The van der Waals surface area contributed by atoms with Crippen molar-refractivity contribution >= 4 is 11.8 Å². The van der Waals surface area contributed by atoms with Gasteiger partial charge in [0.1, 0.15) is 5.69 Å². The second kappa shape index (κ2) is 8.26. The van der Waals surface area contributed by atoms with Crippen LogP contribution in [0.15, 0.2) is 54.9 Å². The van der Waals surface area contributed by atoms with Gasteiger partial charge in [0.25, 0.3) is 5.91 Å². The number of amides is 2. The molecule has 29 heavy (non-hydrogen) atoms. The van der Waals surface area contributed by atoms with Crippen LogP contribution in [0.2, 0.25) is 0 Å². The Morgan fingerprint density at radius 3 is 2.76 bits per heavy atom. The van der Waals surface area contributed by atoms with E-state index in [1.165, 1.54) is 5.56 Å². The number of H-pyrrole nitrogens is 1. The Balaban J connectivity index is 1.55. The molecule has 0 aliphatic carbocycles. The van der Waals surface area contributed by atoms with E-state index < -0.39 is 0 Å². The van der Waals surface area contributed by atoms with Gasteiger partial charge in [-0.1, -0.05) is 35.9 Å². The van der Waals surface area contributed by atoms with Crippen molar-refractivity contribution in [2.24, 2.45) is 0 Å². The molecular weight excluding hydrogens is 366 g/mol. The molecular formula is C22H23N5O2. The first-order valence-corrected chi connectivity index (χ1v) is 9.68. The molecule has 1 aliphatic rings. The Bertz CT molecular complexity index is 998. The van der Waals surface area contributed by atoms with E-state index >= 15 is 0 Å². The van der Waals surface area contributed by atoms with Crippen molar-refractivity contribution in [2.45, 2.75) is 32.4 Å². The SMILES string of the molecule is Cc1ccc(-c2cc(C(=O)N(Cc3cccnc3)C[C@@H]3CCC(=O)N3)[nH]n2)cc1. The third kappa shape index (κ3) is 4.51. The van der Waals surface area contributed by atoms with Crippen LogP contribution >= 0.6 is 0 Å². The molecule has 2 amide bonds. The number of carbonyl (C=O) groups is 2. The highest BCUT2D eigenvalue weighted by Crippen LogP contribution is 2.20. The number of hydrogen-bond donors (Lipinski definition) is 2. The van der Waals surface area contributed by atoms with Crippen molar-refractivity contribution < 1.29 is 9.59 Å². The summed E-state index contributed by atoms with van der Waals surface area (Å²) in [5, 5.41) is 10.1. The average molecular weight is 389 g/mol. The molecule has 2 aromatic heterocycles. The molecule has 148 valence electrons. The van der Waals surface area contributed by atoms with Gasteiger partial charge in [-0.15, -0.1) is 0 Å². The van der Waals surface area contributed by atoms with Gasteiger partial charge in [-0.3, -0.25) is 19.7 Å². The van der Waals surface area contributed by atoms with E-state index in [1.54, 1.807) is 23.4 Å². The lowest BCUT2D eigenvalue weighted by Crippen LogP contribution is -2.41. The molecule has 1 atom stereocenters. The van der Waals surface area contributed by atoms with E-state index in [9.17, 15) is 9.59 Å². The van der Waals surface area contributed by atoms with E-state index in [0.717, 1.165) is 23.2 Å². The largest absolute Gasteiger partial charge is 0.352 e. The molecule has 1 aliphatic heterocycles. The molecule has 7 heteroatoms. The highest BCUT2D eigenvalue weighted by atomic mass is 16.2. The minimum absolute atomic E-state index is 0.0342. The number of rotatable bonds is 6. The van der Waals surface area contributed by atoms with E-state index in [1.807, 2.05) is 43.3 Å². The Kier molecular flexibility index (Phi) is 5.37. The van der Waals surface area contributed by atoms with Gasteiger partial charge in [0.2, 0.25) is 5.91 Å². The molecule has 1 aromatic carbocycles. The molecule has 4 rings (SSSR count). The summed E-state index contributed by atoms with van der Waals surface area (Å²) >= 11 is 0. The monoisotopic (exact) mass is 389 g/mol. The standard InChI is InChI=1S/C22H23N5O2/c1-15-4-6-17(7-5-15)19-11-20(26-25-19)22(29)27(13-16-3-2-10-23-12-16)14-18-8-9-21(28)24-18/h2-7,10-12,18H,8-9,13-14H2,1H3,(H,24,28)(H,25,26)/t18-/m0/s1. The highest BCUT2D eigenvalue weighted by molar-refractivity contribution is 5.93. The molecule has 1 saturated heterocycles. The number of nitrogens with zero attached hydrogens (tertiary/aromatic N) is 3. The molecule has 1 fully saturated rings. The summed E-state index contributed by atoms with van der Waals surface area (Å²) in [6.45, 7) is 2.89. The van der Waals surface area contributed by atoms with Crippen LogP contribution in [0.5, 0.6) is 0 Å². The Morgan fingerprint density at radius 1 is 1.24 bits per heavy atom. The zero-order chi connectivity index (χ0) is 20.2. The number of pyridine rings is 1. The molecule has 2 N–H and O–H groups in total. The van der Waals surface area contributed by atoms with Gasteiger partial charge in [-0.25, -0.2) is 0 Å². The van der Waals surface area contributed by atoms with Crippen LogP contribution in [0.4, 0.5) is 0 Å². The number of aryl methyl sites for hydroxylation is 1. The molecule has 0 unspecified atom stereocenters. The van der Waals surface area contributed by atoms with Gasteiger partial charge in [-0.05, 0) is 31.0 Å². The average Bonchev–Trinajstić information content (AvgIpc) is 3.38. The van der Waals surface area contributed by atoms with Crippen LogP contribution in [0.25, 0.3) is 11.3 Å².